The average Bonchev–Trinajstić information content (AvgIpc) is 4.03. The molecule has 8 amide bonds. The summed E-state index contributed by atoms with van der Waals surface area (Å²) in [6.45, 7) is 2.97. The fourth-order valence-electron chi connectivity index (χ4n) is 8.16. The number of nitrogens with zero attached hydrogens (tertiary/aromatic N) is 3. The van der Waals surface area contributed by atoms with Crippen LogP contribution in [0.4, 0.5) is 0 Å². The lowest BCUT2D eigenvalue weighted by molar-refractivity contribution is -0.145. The lowest BCUT2D eigenvalue weighted by atomic mass is 10.0. The number of carbonyl (C=O) groups excluding carboxylic acids is 8. The van der Waals surface area contributed by atoms with Crippen molar-refractivity contribution in [3.05, 3.63) is 35.9 Å². The summed E-state index contributed by atoms with van der Waals surface area (Å²) in [5.74, 6) is -7.27. The van der Waals surface area contributed by atoms with Gasteiger partial charge in [0.1, 0.15) is 42.3 Å². The number of carbonyl (C=O) groups is 9. The molecule has 25 heteroatoms. The highest BCUT2D eigenvalue weighted by Crippen LogP contribution is 2.21. The molecule has 0 bridgehead atoms. The van der Waals surface area contributed by atoms with Gasteiger partial charge in [-0.05, 0) is 75.8 Å². The van der Waals surface area contributed by atoms with Crippen LogP contribution in [0.5, 0.6) is 0 Å². The number of carboxylic acids is 1. The molecule has 16 N–H and O–H groups in total. The van der Waals surface area contributed by atoms with Crippen molar-refractivity contribution < 1.29 is 53.4 Å². The number of nitrogens with two attached hydrogens (primary N) is 4. The Bertz CT molecular complexity index is 1980. The van der Waals surface area contributed by atoms with Gasteiger partial charge in [0.05, 0.1) is 19.2 Å². The second-order valence-electron chi connectivity index (χ2n) is 17.8. The fraction of sp³-hybridized carbons (Fsp3) is 0.644. The van der Waals surface area contributed by atoms with Crippen LogP contribution in [-0.2, 0) is 49.6 Å². The summed E-state index contributed by atoms with van der Waals surface area (Å²) in [5, 5.41) is 35.3. The van der Waals surface area contributed by atoms with Crippen LogP contribution in [0, 0.1) is 5.92 Å². The normalized spacial score (nSPS) is 18.0. The standard InChI is InChI=1S/C45H73N13O11S/c1-26(2)21-31(44(68)69)54-41(65)35-16-10-20-58(35)42(66)32(24-59)55-39(63)30(22-27-11-4-3-5-12-27)52-36(60)23-51-40(64)34-15-9-19-57(34)43(67)33(25-70)56-38(62)29(14-8-18-50-45(48)49)53-37(61)28(47)13-6-7-17-46/h3-5,11-12,26,28-35,59,70H,6-10,13-25,46-47H2,1-2H3,(H,51,64)(H,52,60)(H,53,61)(H,54,65)(H,55,63)(H,56,62)(H,68,69)(H4,48,49,50)/t28-,29-,30-,31-,32-,33-,34-,35-/m0/s1. The molecule has 2 aliphatic heterocycles. The number of guanidine groups is 1. The van der Waals surface area contributed by atoms with Crippen molar-refractivity contribution in [2.45, 2.75) is 133 Å². The van der Waals surface area contributed by atoms with Crippen molar-refractivity contribution in [3.8, 4) is 0 Å². The molecule has 1 aromatic carbocycles. The van der Waals surface area contributed by atoms with E-state index in [2.05, 4.69) is 49.5 Å². The first kappa shape index (κ1) is 58.3. The van der Waals surface area contributed by atoms with Crippen LogP contribution < -0.4 is 54.8 Å². The summed E-state index contributed by atoms with van der Waals surface area (Å²) < 4.78 is 0. The Kier molecular flexibility index (Phi) is 24.9. The first-order valence-corrected chi connectivity index (χ1v) is 24.3. The summed E-state index contributed by atoms with van der Waals surface area (Å²) in [5.41, 5.74) is 23.1. The molecule has 2 heterocycles. The number of hydrogen-bond donors (Lipinski definition) is 13. The zero-order chi connectivity index (χ0) is 51.9. The Morgan fingerprint density at radius 2 is 1.33 bits per heavy atom. The number of unbranched alkanes of at least 4 members (excludes halogenated alkanes) is 1. The Morgan fingerprint density at radius 1 is 0.743 bits per heavy atom. The number of hydrogen-bond acceptors (Lipinski definition) is 14. The van der Waals surface area contributed by atoms with Crippen LogP contribution in [0.15, 0.2) is 35.3 Å². The second-order valence-corrected chi connectivity index (χ2v) is 18.2. The van der Waals surface area contributed by atoms with E-state index < -0.39 is 115 Å². The van der Waals surface area contributed by atoms with Crippen molar-refractivity contribution in [3.63, 3.8) is 0 Å². The number of likely N-dealkylation sites (tertiary alicyclic amines) is 2. The Hall–Kier alpha value is -6.05. The van der Waals surface area contributed by atoms with Gasteiger partial charge in [0.15, 0.2) is 5.96 Å². The lowest BCUT2D eigenvalue weighted by Gasteiger charge is -2.30. The maximum atomic E-state index is 13.9. The molecule has 2 saturated heterocycles. The molecular weight excluding hydrogens is 931 g/mol. The third-order valence-corrected chi connectivity index (χ3v) is 12.2. The van der Waals surface area contributed by atoms with Gasteiger partial charge < -0.3 is 74.8 Å². The van der Waals surface area contributed by atoms with Crippen LogP contribution in [0.3, 0.4) is 0 Å². The summed E-state index contributed by atoms with van der Waals surface area (Å²) in [6, 6.07) is -0.779. The van der Waals surface area contributed by atoms with Crippen LogP contribution in [0.2, 0.25) is 0 Å². The summed E-state index contributed by atoms with van der Waals surface area (Å²) >= 11 is 4.30. The molecule has 8 atom stereocenters. The molecule has 0 aromatic heterocycles. The van der Waals surface area contributed by atoms with Crippen LogP contribution >= 0.6 is 12.6 Å². The van der Waals surface area contributed by atoms with Crippen molar-refractivity contribution in [1.82, 2.24) is 41.7 Å². The smallest absolute Gasteiger partial charge is 0.326 e. The quantitative estimate of drug-likeness (QED) is 0.0159. The Morgan fingerprint density at radius 3 is 1.90 bits per heavy atom. The van der Waals surface area contributed by atoms with Gasteiger partial charge in [0.2, 0.25) is 47.3 Å². The molecule has 70 heavy (non-hydrogen) atoms. The van der Waals surface area contributed by atoms with Gasteiger partial charge in [-0.15, -0.1) is 0 Å². The number of amides is 8. The van der Waals surface area contributed by atoms with Gasteiger partial charge in [0.25, 0.3) is 0 Å². The first-order chi connectivity index (χ1) is 33.3. The monoisotopic (exact) mass is 1000 g/mol. The molecule has 0 spiro atoms. The SMILES string of the molecule is CC(C)C[C@H](NC(=O)[C@@H]1CCCN1C(=O)[C@H](CO)NC(=O)[C@H](Cc1ccccc1)NC(=O)CNC(=O)[C@@H]1CCCN1C(=O)[C@H](CS)NC(=O)[C@H](CCCN=C(N)N)NC(=O)[C@@H](N)CCCCN)C(=O)O. The van der Waals surface area contributed by atoms with E-state index in [-0.39, 0.29) is 69.4 Å². The third kappa shape index (κ3) is 18.7. The predicted molar refractivity (Wildman–Crippen MR) is 261 cm³/mol. The topological polar surface area (TPSA) is 389 Å². The minimum Gasteiger partial charge on any atom is -0.480 e. The Balaban J connectivity index is 1.68. The molecule has 0 saturated carbocycles. The molecule has 0 radical (unpaired) electrons. The van der Waals surface area contributed by atoms with Gasteiger partial charge in [-0.1, -0.05) is 50.6 Å². The van der Waals surface area contributed by atoms with Gasteiger partial charge in [-0.2, -0.15) is 12.6 Å². The van der Waals surface area contributed by atoms with Crippen LogP contribution in [0.1, 0.15) is 83.6 Å². The number of benzene rings is 1. The average molecular weight is 1000 g/mol. The molecule has 1 aromatic rings. The van der Waals surface area contributed by atoms with Gasteiger partial charge in [-0.3, -0.25) is 43.3 Å². The molecule has 2 aliphatic rings. The maximum Gasteiger partial charge on any atom is 0.326 e. The van der Waals surface area contributed by atoms with E-state index in [0.29, 0.717) is 50.6 Å². The van der Waals surface area contributed by atoms with E-state index in [9.17, 15) is 53.4 Å². The van der Waals surface area contributed by atoms with Crippen molar-refractivity contribution >= 4 is 71.8 Å². The number of aliphatic imine (C=N–C) groups is 1. The first-order valence-electron chi connectivity index (χ1n) is 23.7. The highest BCUT2D eigenvalue weighted by molar-refractivity contribution is 7.80. The zero-order valence-electron chi connectivity index (χ0n) is 40.0. The molecule has 0 unspecified atom stereocenters. The highest BCUT2D eigenvalue weighted by Gasteiger charge is 2.41. The number of aliphatic carboxylic acids is 1. The van der Waals surface area contributed by atoms with E-state index in [1.165, 1.54) is 9.80 Å². The lowest BCUT2D eigenvalue weighted by Crippen LogP contribution is -2.59. The van der Waals surface area contributed by atoms with Crippen molar-refractivity contribution in [1.29, 1.82) is 0 Å². The van der Waals surface area contributed by atoms with E-state index in [0.717, 1.165) is 0 Å². The van der Waals surface area contributed by atoms with E-state index >= 15 is 0 Å². The van der Waals surface area contributed by atoms with E-state index in [1.54, 1.807) is 44.2 Å². The van der Waals surface area contributed by atoms with Crippen molar-refractivity contribution in [2.24, 2.45) is 33.8 Å². The number of aliphatic hydroxyl groups is 1. The molecule has 2 fully saturated rings. The summed E-state index contributed by atoms with van der Waals surface area (Å²) in [7, 11) is 0. The minimum atomic E-state index is -1.53. The van der Waals surface area contributed by atoms with Crippen LogP contribution in [-0.4, -0.2) is 173 Å². The number of aliphatic hydroxyl groups excluding tert-OH is 1. The largest absolute Gasteiger partial charge is 0.480 e. The number of rotatable bonds is 29. The second kappa shape index (κ2) is 29.9. The van der Waals surface area contributed by atoms with Crippen molar-refractivity contribution in [2.75, 3.05) is 45.1 Å². The molecule has 0 aliphatic carbocycles. The van der Waals surface area contributed by atoms with Crippen LogP contribution in [0.25, 0.3) is 0 Å². The third-order valence-electron chi connectivity index (χ3n) is 11.8. The Labute approximate surface area is 413 Å². The zero-order valence-corrected chi connectivity index (χ0v) is 40.9. The van der Waals surface area contributed by atoms with E-state index in [1.807, 2.05) is 0 Å². The van der Waals surface area contributed by atoms with Gasteiger partial charge in [-0.25, -0.2) is 4.79 Å². The number of nitrogens with one attached hydrogen (secondary N) is 6. The molecule has 3 rings (SSSR count). The van der Waals surface area contributed by atoms with E-state index in [4.69, 9.17) is 22.9 Å². The summed E-state index contributed by atoms with van der Waals surface area (Å²) in [4.78, 5) is 127. The molecule has 390 valence electrons. The minimum absolute atomic E-state index is 0.0445. The number of thiol groups is 1. The summed E-state index contributed by atoms with van der Waals surface area (Å²) in [6.07, 6.45) is 3.37. The fourth-order valence-corrected chi connectivity index (χ4v) is 8.41. The predicted octanol–water partition coefficient (Wildman–Crippen LogP) is -3.69. The van der Waals surface area contributed by atoms with Gasteiger partial charge >= 0.3 is 5.97 Å². The molecular formula is C45H73N13O11S. The maximum absolute atomic E-state index is 13.9. The number of carboxylic acid groups (broad SMARTS) is 1. The highest BCUT2D eigenvalue weighted by atomic mass is 32.1. The van der Waals surface area contributed by atoms with Gasteiger partial charge in [0, 0.05) is 31.8 Å². The molecule has 24 nitrogen and oxygen atoms in total.